The van der Waals surface area contributed by atoms with E-state index in [2.05, 4.69) is 109 Å². The fraction of sp³-hybridized carbons (Fsp3) is 0.0556. The summed E-state index contributed by atoms with van der Waals surface area (Å²) in [5.41, 5.74) is 9.25. The first kappa shape index (κ1) is 24.9. The molecular formula is C36H30O2. The maximum atomic E-state index is 5.36. The first-order valence-electron chi connectivity index (χ1n) is 12.7. The molecule has 0 heterocycles. The SMILES string of the molecule is COc1ccc(/C(=C\c2ccc(/C=C(\c3ccccc3)c3ccc(OC)cc3)cc2)c2ccccc2)cc1. The lowest BCUT2D eigenvalue weighted by molar-refractivity contribution is 0.414. The number of hydrogen-bond acceptors (Lipinski definition) is 2. The fourth-order valence-corrected chi connectivity index (χ4v) is 4.47. The molecule has 0 saturated carbocycles. The second kappa shape index (κ2) is 11.9. The van der Waals surface area contributed by atoms with Gasteiger partial charge in [0.05, 0.1) is 14.2 Å². The number of rotatable bonds is 8. The minimum absolute atomic E-state index is 0.850. The topological polar surface area (TPSA) is 18.5 Å². The lowest BCUT2D eigenvalue weighted by Crippen LogP contribution is -1.90. The molecule has 5 rings (SSSR count). The first-order chi connectivity index (χ1) is 18.7. The van der Waals surface area contributed by atoms with E-state index in [0.717, 1.165) is 33.8 Å². The molecule has 0 bridgehead atoms. The van der Waals surface area contributed by atoms with Gasteiger partial charge in [-0.25, -0.2) is 0 Å². The highest BCUT2D eigenvalue weighted by molar-refractivity contribution is 5.93. The van der Waals surface area contributed by atoms with Crippen LogP contribution >= 0.6 is 0 Å². The van der Waals surface area contributed by atoms with Crippen LogP contribution < -0.4 is 9.47 Å². The van der Waals surface area contributed by atoms with Crippen LogP contribution in [-0.2, 0) is 0 Å². The van der Waals surface area contributed by atoms with Crippen LogP contribution in [-0.4, -0.2) is 14.2 Å². The van der Waals surface area contributed by atoms with Crippen molar-refractivity contribution < 1.29 is 9.47 Å². The van der Waals surface area contributed by atoms with Crippen molar-refractivity contribution in [1.82, 2.24) is 0 Å². The number of methoxy groups -OCH3 is 2. The van der Waals surface area contributed by atoms with Gasteiger partial charge in [-0.05, 0) is 80.9 Å². The van der Waals surface area contributed by atoms with Crippen LogP contribution in [0.25, 0.3) is 23.3 Å². The van der Waals surface area contributed by atoms with E-state index in [1.54, 1.807) is 14.2 Å². The molecular weight excluding hydrogens is 464 g/mol. The molecule has 0 saturated heterocycles. The Morgan fingerprint density at radius 1 is 0.395 bits per heavy atom. The monoisotopic (exact) mass is 494 g/mol. The zero-order valence-corrected chi connectivity index (χ0v) is 21.7. The van der Waals surface area contributed by atoms with E-state index >= 15 is 0 Å². The van der Waals surface area contributed by atoms with Crippen molar-refractivity contribution in [3.05, 3.63) is 167 Å². The fourth-order valence-electron chi connectivity index (χ4n) is 4.47. The molecule has 38 heavy (non-hydrogen) atoms. The summed E-state index contributed by atoms with van der Waals surface area (Å²) in [6.07, 6.45) is 4.48. The molecule has 0 aromatic heterocycles. The van der Waals surface area contributed by atoms with Crippen LogP contribution in [0.4, 0.5) is 0 Å². The Kier molecular flexibility index (Phi) is 7.81. The van der Waals surface area contributed by atoms with Crippen molar-refractivity contribution >= 4 is 23.3 Å². The Balaban J connectivity index is 1.51. The van der Waals surface area contributed by atoms with E-state index in [4.69, 9.17) is 9.47 Å². The molecule has 0 atom stereocenters. The van der Waals surface area contributed by atoms with Gasteiger partial charge in [0.2, 0.25) is 0 Å². The summed E-state index contributed by atoms with van der Waals surface area (Å²) in [4.78, 5) is 0. The highest BCUT2D eigenvalue weighted by Gasteiger charge is 2.08. The van der Waals surface area contributed by atoms with Crippen molar-refractivity contribution in [2.75, 3.05) is 14.2 Å². The highest BCUT2D eigenvalue weighted by Crippen LogP contribution is 2.30. The van der Waals surface area contributed by atoms with Gasteiger partial charge < -0.3 is 9.47 Å². The maximum Gasteiger partial charge on any atom is 0.118 e. The number of benzene rings is 5. The van der Waals surface area contributed by atoms with Gasteiger partial charge in [0.15, 0.2) is 0 Å². The summed E-state index contributed by atoms with van der Waals surface area (Å²) in [5.74, 6) is 1.70. The van der Waals surface area contributed by atoms with Gasteiger partial charge in [-0.2, -0.15) is 0 Å². The van der Waals surface area contributed by atoms with Gasteiger partial charge in [-0.3, -0.25) is 0 Å². The number of hydrogen-bond donors (Lipinski definition) is 0. The minimum Gasteiger partial charge on any atom is -0.497 e. The summed E-state index contributed by atoms with van der Waals surface area (Å²) in [7, 11) is 3.38. The Hall–Kier alpha value is -4.82. The molecule has 0 aliphatic heterocycles. The Labute approximate surface area is 225 Å². The van der Waals surface area contributed by atoms with Crippen LogP contribution in [0.2, 0.25) is 0 Å². The summed E-state index contributed by atoms with van der Waals surface area (Å²) in [6.45, 7) is 0. The van der Waals surface area contributed by atoms with E-state index in [9.17, 15) is 0 Å². The van der Waals surface area contributed by atoms with Crippen LogP contribution in [0.1, 0.15) is 33.4 Å². The average Bonchev–Trinajstić information content (AvgIpc) is 3.00. The van der Waals surface area contributed by atoms with E-state index in [0.29, 0.717) is 0 Å². The Bertz CT molecular complexity index is 1390. The largest absolute Gasteiger partial charge is 0.497 e. The molecule has 186 valence electrons. The van der Waals surface area contributed by atoms with Crippen LogP contribution in [0.15, 0.2) is 133 Å². The molecule has 0 aliphatic rings. The van der Waals surface area contributed by atoms with Crippen LogP contribution in [0, 0.1) is 0 Å². The van der Waals surface area contributed by atoms with E-state index in [1.807, 2.05) is 36.4 Å². The molecule has 0 amide bonds. The predicted molar refractivity (Wildman–Crippen MR) is 159 cm³/mol. The van der Waals surface area contributed by atoms with E-state index < -0.39 is 0 Å². The van der Waals surface area contributed by atoms with Gasteiger partial charge in [0.1, 0.15) is 11.5 Å². The lowest BCUT2D eigenvalue weighted by atomic mass is 9.94. The van der Waals surface area contributed by atoms with Gasteiger partial charge >= 0.3 is 0 Å². The number of ether oxygens (including phenoxy) is 2. The van der Waals surface area contributed by atoms with Crippen molar-refractivity contribution in [3.63, 3.8) is 0 Å². The quantitative estimate of drug-likeness (QED) is 0.201. The third-order valence-electron chi connectivity index (χ3n) is 6.53. The zero-order valence-electron chi connectivity index (χ0n) is 21.7. The Morgan fingerprint density at radius 3 is 1.03 bits per heavy atom. The van der Waals surface area contributed by atoms with Crippen LogP contribution in [0.3, 0.4) is 0 Å². The summed E-state index contributed by atoms with van der Waals surface area (Å²) in [5, 5.41) is 0. The second-order valence-corrected chi connectivity index (χ2v) is 8.97. The van der Waals surface area contributed by atoms with Gasteiger partial charge in [0, 0.05) is 0 Å². The Morgan fingerprint density at radius 2 is 0.711 bits per heavy atom. The molecule has 5 aromatic rings. The van der Waals surface area contributed by atoms with Crippen molar-refractivity contribution in [3.8, 4) is 11.5 Å². The molecule has 0 unspecified atom stereocenters. The van der Waals surface area contributed by atoms with Crippen molar-refractivity contribution in [2.24, 2.45) is 0 Å². The average molecular weight is 495 g/mol. The molecule has 0 spiro atoms. The molecule has 0 N–H and O–H groups in total. The standard InChI is InChI=1S/C36H30O2/c1-37-33-21-17-31(18-22-33)35(29-9-5-3-6-10-29)25-27-13-15-28(16-14-27)26-36(30-11-7-4-8-12-30)32-19-23-34(38-2)24-20-32/h3-26H,1-2H3/b35-25-,36-26+. The lowest BCUT2D eigenvalue weighted by Gasteiger charge is -2.11. The highest BCUT2D eigenvalue weighted by atomic mass is 16.5. The van der Waals surface area contributed by atoms with Gasteiger partial charge in [-0.15, -0.1) is 0 Å². The smallest absolute Gasteiger partial charge is 0.118 e. The molecule has 5 aromatic carbocycles. The van der Waals surface area contributed by atoms with E-state index in [1.165, 1.54) is 22.3 Å². The molecule has 2 nitrogen and oxygen atoms in total. The van der Waals surface area contributed by atoms with Crippen molar-refractivity contribution in [1.29, 1.82) is 0 Å². The molecule has 0 aliphatic carbocycles. The maximum absolute atomic E-state index is 5.36. The third-order valence-corrected chi connectivity index (χ3v) is 6.53. The first-order valence-corrected chi connectivity index (χ1v) is 12.7. The van der Waals surface area contributed by atoms with Gasteiger partial charge in [-0.1, -0.05) is 109 Å². The van der Waals surface area contributed by atoms with Crippen LogP contribution in [0.5, 0.6) is 11.5 Å². The summed E-state index contributed by atoms with van der Waals surface area (Å²) < 4.78 is 10.7. The minimum atomic E-state index is 0.850. The molecule has 2 heteroatoms. The predicted octanol–water partition coefficient (Wildman–Crippen LogP) is 8.88. The van der Waals surface area contributed by atoms with Crippen molar-refractivity contribution in [2.45, 2.75) is 0 Å². The molecule has 0 fully saturated rings. The van der Waals surface area contributed by atoms with Gasteiger partial charge in [0.25, 0.3) is 0 Å². The normalized spacial score (nSPS) is 11.7. The zero-order chi connectivity index (χ0) is 26.2. The summed E-state index contributed by atoms with van der Waals surface area (Å²) in [6, 6.07) is 46.1. The van der Waals surface area contributed by atoms with E-state index in [-0.39, 0.29) is 0 Å². The molecule has 0 radical (unpaired) electrons. The summed E-state index contributed by atoms with van der Waals surface area (Å²) >= 11 is 0. The second-order valence-electron chi connectivity index (χ2n) is 8.97. The third kappa shape index (κ3) is 5.93.